The van der Waals surface area contributed by atoms with Crippen LogP contribution < -0.4 is 0 Å². The second kappa shape index (κ2) is 7.58. The van der Waals surface area contributed by atoms with E-state index in [9.17, 15) is 14.7 Å². The lowest BCUT2D eigenvalue weighted by Crippen LogP contribution is -2.71. The minimum atomic E-state index is -0.401. The molecule has 5 aliphatic rings. The van der Waals surface area contributed by atoms with Crippen LogP contribution in [0.3, 0.4) is 0 Å². The summed E-state index contributed by atoms with van der Waals surface area (Å²) in [5, 5.41) is 12.0. The number of hydrogen-bond acceptors (Lipinski definition) is 4. The molecule has 35 heavy (non-hydrogen) atoms. The van der Waals surface area contributed by atoms with E-state index in [0.717, 1.165) is 57.8 Å². The van der Waals surface area contributed by atoms with Crippen molar-refractivity contribution in [2.45, 2.75) is 119 Å². The Hall–Kier alpha value is -0.900. The zero-order chi connectivity index (χ0) is 25.8. The molecule has 0 saturated heterocycles. The van der Waals surface area contributed by atoms with Crippen LogP contribution >= 0.6 is 0 Å². The van der Waals surface area contributed by atoms with Gasteiger partial charge in [-0.2, -0.15) is 0 Å². The molecule has 0 heterocycles. The topological polar surface area (TPSA) is 63.6 Å². The molecule has 1 N–H and O–H groups in total. The van der Waals surface area contributed by atoms with Crippen molar-refractivity contribution in [3.63, 3.8) is 0 Å². The number of aliphatic hydroxyl groups is 1. The predicted octanol–water partition coefficient (Wildman–Crippen LogP) is 6.58. The molecule has 0 bridgehead atoms. The summed E-state index contributed by atoms with van der Waals surface area (Å²) >= 11 is 0. The summed E-state index contributed by atoms with van der Waals surface area (Å²) in [4.78, 5) is 26.2. The smallest absolute Gasteiger partial charge is 0.312 e. The van der Waals surface area contributed by atoms with E-state index in [1.165, 1.54) is 0 Å². The van der Waals surface area contributed by atoms with Gasteiger partial charge in [0.25, 0.3) is 0 Å². The first kappa shape index (κ1) is 25.7. The summed E-state index contributed by atoms with van der Waals surface area (Å²) in [6, 6.07) is 0. The quantitative estimate of drug-likeness (QED) is 0.425. The maximum atomic E-state index is 13.5. The van der Waals surface area contributed by atoms with Crippen molar-refractivity contribution in [1.29, 1.82) is 0 Å². The highest BCUT2D eigenvalue weighted by atomic mass is 16.5. The van der Waals surface area contributed by atoms with Gasteiger partial charge in [0.05, 0.1) is 18.6 Å². The molecule has 0 radical (unpaired) electrons. The molecule has 5 fully saturated rings. The fourth-order valence-corrected chi connectivity index (χ4v) is 11.5. The van der Waals surface area contributed by atoms with Crippen molar-refractivity contribution in [2.75, 3.05) is 7.11 Å². The minimum Gasteiger partial charge on any atom is -0.469 e. The Morgan fingerprint density at radius 1 is 0.857 bits per heavy atom. The molecule has 10 unspecified atom stereocenters. The van der Waals surface area contributed by atoms with Gasteiger partial charge in [0.15, 0.2) is 0 Å². The fraction of sp³-hybridized carbons (Fsp3) is 0.935. The number of methoxy groups -OCH3 is 1. The van der Waals surface area contributed by atoms with Crippen LogP contribution in [0.2, 0.25) is 0 Å². The van der Waals surface area contributed by atoms with E-state index in [0.29, 0.717) is 18.1 Å². The lowest BCUT2D eigenvalue weighted by Gasteiger charge is -2.75. The number of ketones is 1. The van der Waals surface area contributed by atoms with E-state index in [1.54, 1.807) is 7.11 Å². The van der Waals surface area contributed by atoms with Crippen LogP contribution in [0, 0.1) is 56.2 Å². The number of fused-ring (bicyclic) bond motifs is 7. The Bertz CT molecular complexity index is 925. The first-order valence-electron chi connectivity index (χ1n) is 14.4. The number of carbonyl (C=O) groups is 2. The zero-order valence-electron chi connectivity index (χ0n) is 23.6. The number of esters is 1. The summed E-state index contributed by atoms with van der Waals surface area (Å²) in [5.74, 6) is 1.36. The van der Waals surface area contributed by atoms with Gasteiger partial charge in [-0.3, -0.25) is 9.59 Å². The summed E-state index contributed by atoms with van der Waals surface area (Å²) in [6.45, 7) is 16.6. The molecule has 0 spiro atoms. The lowest BCUT2D eigenvalue weighted by molar-refractivity contribution is -0.283. The number of Topliss-reactive ketones (excluding diaryl/α,β-unsaturated/α-hetero) is 1. The van der Waals surface area contributed by atoms with Crippen molar-refractivity contribution < 1.29 is 19.4 Å². The van der Waals surface area contributed by atoms with E-state index in [-0.39, 0.29) is 56.2 Å². The number of carbonyl (C=O) groups excluding carboxylic acids is 2. The lowest BCUT2D eigenvalue weighted by atomic mass is 9.29. The van der Waals surface area contributed by atoms with Gasteiger partial charge in [0.2, 0.25) is 0 Å². The SMILES string of the molecule is COC(=O)C12CCC(C)(C)CC1C1(C)CCC3(C)C4CCC(=O)C(C)C4(C)CC(O)C3C1(C)CC2. The van der Waals surface area contributed by atoms with Gasteiger partial charge >= 0.3 is 5.97 Å². The molecule has 0 aromatic heterocycles. The van der Waals surface area contributed by atoms with Crippen LogP contribution in [0.4, 0.5) is 0 Å². The second-order valence-electron chi connectivity index (χ2n) is 15.4. The van der Waals surface area contributed by atoms with Crippen molar-refractivity contribution in [3.05, 3.63) is 0 Å². The van der Waals surface area contributed by atoms with E-state index in [4.69, 9.17) is 4.74 Å². The summed E-state index contributed by atoms with van der Waals surface area (Å²) in [7, 11) is 1.57. The summed E-state index contributed by atoms with van der Waals surface area (Å²) in [5.41, 5.74) is -0.334. The van der Waals surface area contributed by atoms with Gasteiger partial charge in [0, 0.05) is 12.3 Å². The third-order valence-electron chi connectivity index (χ3n) is 13.8. The van der Waals surface area contributed by atoms with Crippen LogP contribution in [0.5, 0.6) is 0 Å². The van der Waals surface area contributed by atoms with Gasteiger partial charge in [0.1, 0.15) is 5.78 Å². The first-order valence-corrected chi connectivity index (χ1v) is 14.4. The van der Waals surface area contributed by atoms with Gasteiger partial charge in [-0.05, 0) is 103 Å². The first-order chi connectivity index (χ1) is 16.1. The Kier molecular flexibility index (Phi) is 5.57. The molecule has 0 aromatic carbocycles. The highest BCUT2D eigenvalue weighted by Gasteiger charge is 2.74. The van der Waals surface area contributed by atoms with Crippen LogP contribution in [0.25, 0.3) is 0 Å². The maximum Gasteiger partial charge on any atom is 0.312 e. The Labute approximate surface area is 213 Å². The maximum absolute atomic E-state index is 13.5. The zero-order valence-corrected chi connectivity index (χ0v) is 23.6. The van der Waals surface area contributed by atoms with Gasteiger partial charge in [-0.1, -0.05) is 48.5 Å². The predicted molar refractivity (Wildman–Crippen MR) is 137 cm³/mol. The van der Waals surface area contributed by atoms with Gasteiger partial charge in [-0.15, -0.1) is 0 Å². The molecule has 10 atom stereocenters. The molecule has 4 heteroatoms. The van der Waals surface area contributed by atoms with Crippen molar-refractivity contribution in [1.82, 2.24) is 0 Å². The average Bonchev–Trinajstić information content (AvgIpc) is 2.78. The molecular weight excluding hydrogens is 436 g/mol. The molecule has 0 aromatic rings. The normalized spacial score (nSPS) is 55.1. The third kappa shape index (κ3) is 3.07. The third-order valence-corrected chi connectivity index (χ3v) is 13.8. The highest BCUT2D eigenvalue weighted by Crippen LogP contribution is 2.78. The van der Waals surface area contributed by atoms with E-state index in [2.05, 4.69) is 48.5 Å². The monoisotopic (exact) mass is 486 g/mol. The molecule has 198 valence electrons. The Morgan fingerprint density at radius 3 is 2.14 bits per heavy atom. The van der Waals surface area contributed by atoms with E-state index >= 15 is 0 Å². The van der Waals surface area contributed by atoms with Crippen LogP contribution in [-0.2, 0) is 14.3 Å². The molecule has 0 aliphatic heterocycles. The van der Waals surface area contributed by atoms with Crippen molar-refractivity contribution in [3.8, 4) is 0 Å². The molecule has 4 nitrogen and oxygen atoms in total. The van der Waals surface area contributed by atoms with Crippen LogP contribution in [0.15, 0.2) is 0 Å². The number of rotatable bonds is 1. The van der Waals surface area contributed by atoms with E-state index < -0.39 is 6.10 Å². The highest BCUT2D eigenvalue weighted by molar-refractivity contribution is 5.82. The molecular formula is C31H50O4. The standard InChI is InChI=1S/C31H50O4/c1-19-20(32)9-10-22-27(4)12-13-29(6)23-18-26(2,3)11-15-31(23,25(34)35-8)16-14-30(29,7)24(27)21(33)17-28(19,22)5/h19,21-24,33H,9-18H2,1-8H3. The average molecular weight is 487 g/mol. The van der Waals surface area contributed by atoms with Crippen molar-refractivity contribution >= 4 is 11.8 Å². The Morgan fingerprint density at radius 2 is 1.49 bits per heavy atom. The number of hydrogen-bond donors (Lipinski definition) is 1. The van der Waals surface area contributed by atoms with Crippen LogP contribution in [0.1, 0.15) is 113 Å². The number of ether oxygens (including phenoxy) is 1. The van der Waals surface area contributed by atoms with Crippen LogP contribution in [-0.4, -0.2) is 30.1 Å². The van der Waals surface area contributed by atoms with Gasteiger partial charge in [-0.25, -0.2) is 0 Å². The van der Waals surface area contributed by atoms with E-state index in [1.807, 2.05) is 0 Å². The number of aliphatic hydroxyl groups excluding tert-OH is 1. The largest absolute Gasteiger partial charge is 0.469 e. The van der Waals surface area contributed by atoms with Gasteiger partial charge < -0.3 is 9.84 Å². The molecule has 0 amide bonds. The Balaban J connectivity index is 1.61. The molecule has 5 saturated carbocycles. The summed E-state index contributed by atoms with van der Waals surface area (Å²) in [6.07, 6.45) is 9.07. The second-order valence-corrected chi connectivity index (χ2v) is 15.4. The minimum absolute atomic E-state index is 0.00555. The molecule has 5 aliphatic carbocycles. The fourth-order valence-electron chi connectivity index (χ4n) is 11.5. The summed E-state index contributed by atoms with van der Waals surface area (Å²) < 4.78 is 5.51. The molecule has 5 rings (SSSR count). The van der Waals surface area contributed by atoms with Crippen molar-refractivity contribution in [2.24, 2.45) is 56.2 Å².